The van der Waals surface area contributed by atoms with Gasteiger partial charge in [-0.05, 0) is 30.3 Å². The summed E-state index contributed by atoms with van der Waals surface area (Å²) in [5.41, 5.74) is 2.16. The number of fused-ring (bicyclic) bond motifs is 1. The zero-order valence-corrected chi connectivity index (χ0v) is 15.8. The number of ether oxygens (including phenoxy) is 1. The molecule has 0 aliphatic heterocycles. The van der Waals surface area contributed by atoms with Crippen molar-refractivity contribution in [1.82, 2.24) is 5.16 Å². The first-order valence-corrected chi connectivity index (χ1v) is 9.97. The Balaban J connectivity index is 1.61. The molecule has 0 unspecified atom stereocenters. The van der Waals surface area contributed by atoms with Crippen LogP contribution in [0.4, 0.5) is 0 Å². The average molecular weight is 395 g/mol. The minimum absolute atomic E-state index is 0.0875. The van der Waals surface area contributed by atoms with Crippen molar-refractivity contribution >= 4 is 21.1 Å². The SMILES string of the molecule is COc1ccccc1Cc1noc2cc(OS(=O)(=O)c3ccccc3)ccc12. The van der Waals surface area contributed by atoms with E-state index >= 15 is 0 Å². The smallest absolute Gasteiger partial charge is 0.339 e. The van der Waals surface area contributed by atoms with Gasteiger partial charge in [-0.25, -0.2) is 0 Å². The first-order chi connectivity index (χ1) is 13.6. The quantitative estimate of drug-likeness (QED) is 0.456. The zero-order chi connectivity index (χ0) is 19.6. The van der Waals surface area contributed by atoms with Gasteiger partial charge in [0.15, 0.2) is 5.58 Å². The predicted molar refractivity (Wildman–Crippen MR) is 104 cm³/mol. The van der Waals surface area contributed by atoms with Crippen molar-refractivity contribution < 1.29 is 21.9 Å². The van der Waals surface area contributed by atoms with Gasteiger partial charge in [-0.2, -0.15) is 8.42 Å². The molecule has 6 nitrogen and oxygen atoms in total. The summed E-state index contributed by atoms with van der Waals surface area (Å²) in [4.78, 5) is 0.0875. The maximum Gasteiger partial charge on any atom is 0.339 e. The summed E-state index contributed by atoms with van der Waals surface area (Å²) in [6.45, 7) is 0. The predicted octanol–water partition coefficient (Wildman–Crippen LogP) is 4.19. The van der Waals surface area contributed by atoms with Crippen molar-refractivity contribution in [2.45, 2.75) is 11.3 Å². The van der Waals surface area contributed by atoms with Gasteiger partial charge in [0.1, 0.15) is 16.4 Å². The summed E-state index contributed by atoms with van der Waals surface area (Å²) in [6, 6.07) is 20.5. The van der Waals surface area contributed by atoms with E-state index in [4.69, 9.17) is 13.4 Å². The molecule has 0 fully saturated rings. The highest BCUT2D eigenvalue weighted by atomic mass is 32.2. The lowest BCUT2D eigenvalue weighted by atomic mass is 10.1. The second kappa shape index (κ2) is 7.36. The van der Waals surface area contributed by atoms with E-state index < -0.39 is 10.1 Å². The standard InChI is InChI=1S/C21H17NO5S/c1-25-20-10-6-5-7-15(20)13-19-18-12-11-16(14-21(18)26-22-19)27-28(23,24)17-8-3-2-4-9-17/h2-12,14H,13H2,1H3. The third-order valence-corrected chi connectivity index (χ3v) is 5.57. The van der Waals surface area contributed by atoms with Crippen molar-refractivity contribution in [3.05, 3.63) is 84.1 Å². The number of rotatable bonds is 6. The zero-order valence-electron chi connectivity index (χ0n) is 15.0. The average Bonchev–Trinajstić information content (AvgIpc) is 3.11. The van der Waals surface area contributed by atoms with Crippen LogP contribution in [0.5, 0.6) is 11.5 Å². The summed E-state index contributed by atoms with van der Waals surface area (Å²) in [5.74, 6) is 0.934. The first kappa shape index (κ1) is 18.1. The highest BCUT2D eigenvalue weighted by molar-refractivity contribution is 7.87. The number of nitrogens with zero attached hydrogens (tertiary/aromatic N) is 1. The van der Waals surface area contributed by atoms with Crippen molar-refractivity contribution in [2.24, 2.45) is 0 Å². The molecule has 0 aliphatic rings. The first-order valence-electron chi connectivity index (χ1n) is 8.56. The van der Waals surface area contributed by atoms with Gasteiger partial charge < -0.3 is 13.4 Å². The van der Waals surface area contributed by atoms with Gasteiger partial charge in [0.25, 0.3) is 0 Å². The summed E-state index contributed by atoms with van der Waals surface area (Å²) in [6.07, 6.45) is 0.527. The molecule has 4 rings (SSSR count). The lowest BCUT2D eigenvalue weighted by Crippen LogP contribution is -2.09. The van der Waals surface area contributed by atoms with Crippen molar-refractivity contribution in [3.8, 4) is 11.5 Å². The molecule has 0 radical (unpaired) electrons. The maximum absolute atomic E-state index is 12.4. The third-order valence-electron chi connectivity index (χ3n) is 4.31. The third kappa shape index (κ3) is 3.57. The van der Waals surface area contributed by atoms with E-state index in [9.17, 15) is 8.42 Å². The fraction of sp³-hybridized carbons (Fsp3) is 0.0952. The van der Waals surface area contributed by atoms with Gasteiger partial charge in [-0.15, -0.1) is 0 Å². The Kier molecular flexibility index (Phi) is 4.75. The van der Waals surface area contributed by atoms with Gasteiger partial charge in [0.2, 0.25) is 0 Å². The highest BCUT2D eigenvalue weighted by Gasteiger charge is 2.18. The minimum Gasteiger partial charge on any atom is -0.496 e. The van der Waals surface area contributed by atoms with Crippen LogP contribution in [0.15, 0.2) is 82.2 Å². The summed E-state index contributed by atoms with van der Waals surface area (Å²) >= 11 is 0. The van der Waals surface area contributed by atoms with E-state index in [0.29, 0.717) is 12.0 Å². The normalized spacial score (nSPS) is 11.5. The van der Waals surface area contributed by atoms with E-state index in [1.807, 2.05) is 24.3 Å². The Morgan fingerprint density at radius 3 is 2.50 bits per heavy atom. The van der Waals surface area contributed by atoms with E-state index in [1.165, 1.54) is 18.2 Å². The molecule has 0 atom stereocenters. The molecule has 0 amide bonds. The van der Waals surface area contributed by atoms with Crippen molar-refractivity contribution in [3.63, 3.8) is 0 Å². The Morgan fingerprint density at radius 1 is 0.964 bits per heavy atom. The van der Waals surface area contributed by atoms with Crippen LogP contribution in [-0.2, 0) is 16.5 Å². The van der Waals surface area contributed by atoms with Crippen molar-refractivity contribution in [1.29, 1.82) is 0 Å². The van der Waals surface area contributed by atoms with E-state index in [2.05, 4.69) is 5.16 Å². The van der Waals surface area contributed by atoms with Crippen LogP contribution >= 0.6 is 0 Å². The van der Waals surface area contributed by atoms with Crippen LogP contribution in [0, 0.1) is 0 Å². The van der Waals surface area contributed by atoms with Crippen LogP contribution in [0.25, 0.3) is 11.0 Å². The lowest BCUT2D eigenvalue weighted by molar-refractivity contribution is 0.409. The summed E-state index contributed by atoms with van der Waals surface area (Å²) in [5, 5.41) is 4.91. The molecule has 1 aromatic heterocycles. The van der Waals surface area contributed by atoms with Crippen LogP contribution in [-0.4, -0.2) is 20.7 Å². The maximum atomic E-state index is 12.4. The van der Waals surface area contributed by atoms with Gasteiger partial charge in [0, 0.05) is 23.4 Å². The molecule has 3 aromatic carbocycles. The minimum atomic E-state index is -3.91. The highest BCUT2D eigenvalue weighted by Crippen LogP contribution is 2.29. The monoisotopic (exact) mass is 395 g/mol. The molecule has 142 valence electrons. The van der Waals surface area contributed by atoms with Gasteiger partial charge in [-0.3, -0.25) is 0 Å². The molecule has 4 aromatic rings. The molecule has 0 saturated carbocycles. The Labute approximate surface area is 162 Å². The molecule has 0 saturated heterocycles. The van der Waals surface area contributed by atoms with E-state index in [1.54, 1.807) is 37.4 Å². The lowest BCUT2D eigenvalue weighted by Gasteiger charge is -2.07. The fourth-order valence-electron chi connectivity index (χ4n) is 2.94. The van der Waals surface area contributed by atoms with Crippen LogP contribution < -0.4 is 8.92 Å². The summed E-state index contributed by atoms with van der Waals surface area (Å²) < 4.78 is 40.7. The molecule has 7 heteroatoms. The van der Waals surface area contributed by atoms with Gasteiger partial charge in [-0.1, -0.05) is 41.6 Å². The van der Waals surface area contributed by atoms with Crippen LogP contribution in [0.2, 0.25) is 0 Å². The van der Waals surface area contributed by atoms with Crippen LogP contribution in [0.3, 0.4) is 0 Å². The number of hydrogen-bond acceptors (Lipinski definition) is 6. The van der Waals surface area contributed by atoms with E-state index in [-0.39, 0.29) is 10.6 Å². The molecule has 0 spiro atoms. The number of para-hydroxylation sites is 1. The second-order valence-electron chi connectivity index (χ2n) is 6.13. The molecule has 0 N–H and O–H groups in total. The van der Waals surface area contributed by atoms with Crippen molar-refractivity contribution in [2.75, 3.05) is 7.11 Å². The Morgan fingerprint density at radius 2 is 1.71 bits per heavy atom. The largest absolute Gasteiger partial charge is 0.496 e. The van der Waals surface area contributed by atoms with Gasteiger partial charge in [0.05, 0.1) is 12.8 Å². The molecular weight excluding hydrogens is 378 g/mol. The number of benzene rings is 3. The molecule has 28 heavy (non-hydrogen) atoms. The van der Waals surface area contributed by atoms with E-state index in [0.717, 1.165) is 22.4 Å². The molecule has 0 bridgehead atoms. The fourth-order valence-corrected chi connectivity index (χ4v) is 3.88. The topological polar surface area (TPSA) is 78.6 Å². The Bertz CT molecular complexity index is 1220. The Hall–Kier alpha value is -3.32. The number of hydrogen-bond donors (Lipinski definition) is 0. The van der Waals surface area contributed by atoms with Gasteiger partial charge >= 0.3 is 10.1 Å². The molecule has 1 heterocycles. The molecule has 0 aliphatic carbocycles. The van der Waals surface area contributed by atoms with Crippen LogP contribution in [0.1, 0.15) is 11.3 Å². The summed E-state index contributed by atoms with van der Waals surface area (Å²) in [7, 11) is -2.29. The second-order valence-corrected chi connectivity index (χ2v) is 7.67. The molecular formula is C21H17NO5S. The number of methoxy groups -OCH3 is 1. The number of aromatic nitrogens is 1.